The Morgan fingerprint density at radius 1 is 0.654 bits per heavy atom. The third kappa shape index (κ3) is 7.60. The maximum atomic E-state index is 2.18. The summed E-state index contributed by atoms with van der Waals surface area (Å²) >= 11 is 1.58. The van der Waals surface area contributed by atoms with Crippen LogP contribution in [0.2, 0.25) is 0 Å². The summed E-state index contributed by atoms with van der Waals surface area (Å²) in [5, 5.41) is 0. The van der Waals surface area contributed by atoms with Crippen LogP contribution in [-0.2, 0) is 23.3 Å². The molecule has 0 aliphatic heterocycles. The molecule has 4 aromatic carbocycles. The van der Waals surface area contributed by atoms with Crippen LogP contribution in [0.15, 0.2) is 109 Å². The smallest absolute Gasteiger partial charge is 0.0633 e. The van der Waals surface area contributed by atoms with Crippen LogP contribution in [0.3, 0.4) is 0 Å². The molecule has 0 atom stereocenters. The Morgan fingerprint density at radius 3 is 1.69 bits per heavy atom. The van der Waals surface area contributed by atoms with Crippen LogP contribution in [0.25, 0.3) is 22.3 Å². The molecule has 0 bridgehead atoms. The fraction of sp³-hybridized carbons (Fsp3) is 0. The molecular weight excluding hydrogens is 454 g/mol. The van der Waals surface area contributed by atoms with E-state index in [-0.39, 0.29) is 24.8 Å². The van der Waals surface area contributed by atoms with Crippen molar-refractivity contribution in [2.45, 2.75) is 0 Å². The predicted octanol–water partition coefficient (Wildman–Crippen LogP) is -0.766. The van der Waals surface area contributed by atoms with E-state index in [0.29, 0.717) is 0 Å². The largest absolute Gasteiger partial charge is 0.214 e. The molecule has 0 saturated heterocycles. The number of benzene rings is 2. The topological polar surface area (TPSA) is 0 Å². The first-order valence-electron chi connectivity index (χ1n) is 7.84. The summed E-state index contributed by atoms with van der Waals surface area (Å²) in [6.45, 7) is 1.95. The summed E-state index contributed by atoms with van der Waals surface area (Å²) in [5.74, 6) is 0. The zero-order valence-electron chi connectivity index (χ0n) is 14.4. The molecule has 0 aliphatic rings. The van der Waals surface area contributed by atoms with Crippen molar-refractivity contribution in [2.75, 3.05) is 0 Å². The molecule has 0 aliphatic carbocycles. The van der Waals surface area contributed by atoms with Crippen LogP contribution >= 0.6 is 0 Å². The molecule has 0 radical (unpaired) electrons. The second-order valence-electron chi connectivity index (χ2n) is 5.05. The van der Waals surface area contributed by atoms with E-state index in [2.05, 4.69) is 78.9 Å². The van der Waals surface area contributed by atoms with Gasteiger partial charge in [-0.1, -0.05) is 65.2 Å². The predicted molar refractivity (Wildman–Crippen MR) is 103 cm³/mol. The molecular formula is C22H20Cl2SiZr-2. The minimum absolute atomic E-state index is 0. The van der Waals surface area contributed by atoms with Crippen LogP contribution < -0.4 is 24.8 Å². The molecule has 0 nitrogen and oxygen atoms in total. The average molecular weight is 475 g/mol. The molecule has 4 heteroatoms. The van der Waals surface area contributed by atoms with Crippen molar-refractivity contribution < 1.29 is 48.1 Å². The van der Waals surface area contributed by atoms with E-state index < -0.39 is 0 Å². The van der Waals surface area contributed by atoms with Crippen molar-refractivity contribution in [3.8, 4) is 22.3 Å². The van der Waals surface area contributed by atoms with E-state index in [9.17, 15) is 0 Å². The summed E-state index contributed by atoms with van der Waals surface area (Å²) in [4.78, 5) is 0. The van der Waals surface area contributed by atoms with Crippen molar-refractivity contribution in [3.05, 3.63) is 109 Å². The normalized spacial score (nSPS) is 8.54. The van der Waals surface area contributed by atoms with Crippen LogP contribution in [-0.4, -0.2) is 6.88 Å². The summed E-state index contributed by atoms with van der Waals surface area (Å²) in [7, 11) is 0. The maximum absolute atomic E-state index is 2.18. The van der Waals surface area contributed by atoms with Crippen LogP contribution in [0, 0.1) is 0 Å². The number of hydrogen-bond acceptors (Lipinski definition) is 0. The zero-order chi connectivity index (χ0) is 17.0. The van der Waals surface area contributed by atoms with E-state index in [1.165, 1.54) is 22.3 Å². The van der Waals surface area contributed by atoms with Crippen molar-refractivity contribution >= 4 is 6.88 Å². The van der Waals surface area contributed by atoms with Crippen LogP contribution in [0.1, 0.15) is 0 Å². The molecule has 0 amide bonds. The minimum atomic E-state index is 0. The first-order chi connectivity index (χ1) is 11.9. The van der Waals surface area contributed by atoms with Gasteiger partial charge < -0.3 is 24.8 Å². The molecule has 26 heavy (non-hydrogen) atoms. The molecule has 0 aromatic heterocycles. The van der Waals surface area contributed by atoms with Gasteiger partial charge in [0, 0.05) is 0 Å². The monoisotopic (exact) mass is 472 g/mol. The summed E-state index contributed by atoms with van der Waals surface area (Å²) < 4.78 is 0. The Bertz CT molecular complexity index is 725. The fourth-order valence-corrected chi connectivity index (χ4v) is 2.48. The summed E-state index contributed by atoms with van der Waals surface area (Å²) in [6.07, 6.45) is 0. The van der Waals surface area contributed by atoms with Gasteiger partial charge in [-0.05, 0) is 0 Å². The van der Waals surface area contributed by atoms with Gasteiger partial charge in [-0.25, -0.2) is 12.1 Å². The second-order valence-corrected chi connectivity index (χ2v) is 5.05. The standard InChI is InChI=1S/C17H13.C5H5.2ClH.H2Si.Zr/c1-3-8-14(9-4-1)16-12-7-13-17(16)15-10-5-2-6-11-15;1-2-4-5-3-1;;;;/h1-13H;1-5H;2*1H;1H2;/q2*-1;;;;+2/p-2. The average Bonchev–Trinajstić information content (AvgIpc) is 3.39. The molecule has 0 heterocycles. The quantitative estimate of drug-likeness (QED) is 0.265. The van der Waals surface area contributed by atoms with E-state index in [0.717, 1.165) is 0 Å². The van der Waals surface area contributed by atoms with Gasteiger partial charge in [-0.3, -0.25) is 0 Å². The first-order valence-corrected chi connectivity index (χ1v) is 13.8. The third-order valence-corrected chi connectivity index (χ3v) is 3.54. The molecule has 0 unspecified atom stereocenters. The van der Waals surface area contributed by atoms with Gasteiger partial charge in [0.1, 0.15) is 0 Å². The van der Waals surface area contributed by atoms with Gasteiger partial charge in [0.25, 0.3) is 0 Å². The number of rotatable bonds is 2. The van der Waals surface area contributed by atoms with Gasteiger partial charge in [-0.2, -0.15) is 18.2 Å². The van der Waals surface area contributed by atoms with Crippen molar-refractivity contribution in [1.82, 2.24) is 0 Å². The Morgan fingerprint density at radius 2 is 1.19 bits per heavy atom. The van der Waals surface area contributed by atoms with Crippen LogP contribution in [0.5, 0.6) is 0 Å². The number of halogens is 2. The van der Waals surface area contributed by atoms with Gasteiger partial charge >= 0.3 is 30.2 Å². The van der Waals surface area contributed by atoms with Gasteiger partial charge in [0.05, 0.1) is 0 Å². The molecule has 0 fully saturated rings. The Balaban J connectivity index is 0.000000598. The van der Waals surface area contributed by atoms with E-state index in [1.807, 2.05) is 37.2 Å². The van der Waals surface area contributed by atoms with E-state index >= 15 is 0 Å². The molecule has 132 valence electrons. The maximum Gasteiger partial charge on any atom is -0.0633 e. The van der Waals surface area contributed by atoms with Gasteiger partial charge in [-0.15, -0.1) is 35.9 Å². The van der Waals surface area contributed by atoms with Crippen molar-refractivity contribution in [1.29, 1.82) is 0 Å². The Kier molecular flexibility index (Phi) is 14.3. The Hall–Kier alpha value is -1.18. The van der Waals surface area contributed by atoms with Crippen LogP contribution in [0.4, 0.5) is 0 Å². The van der Waals surface area contributed by atoms with Gasteiger partial charge in [0.15, 0.2) is 0 Å². The minimum Gasteiger partial charge on any atom is -0.214 e. The summed E-state index contributed by atoms with van der Waals surface area (Å²) in [5.41, 5.74) is 5.15. The molecule has 0 saturated carbocycles. The van der Waals surface area contributed by atoms with Crippen molar-refractivity contribution in [2.24, 2.45) is 0 Å². The molecule has 0 N–H and O–H groups in total. The number of hydrogen-bond donors (Lipinski definition) is 0. The SMILES string of the molecule is [Cl-].[Cl-].[SiH2]=[Zr+2].c1cc[cH-]c1.c1ccc(-c2ccc[c-]2-c2ccccc2)cc1. The second kappa shape index (κ2) is 14.9. The zero-order valence-corrected chi connectivity index (χ0v) is 19.7. The first kappa shape index (κ1) is 24.8. The Labute approximate surface area is 185 Å². The fourth-order valence-electron chi connectivity index (χ4n) is 2.48. The molecule has 0 spiro atoms. The van der Waals surface area contributed by atoms with E-state index in [1.54, 1.807) is 23.3 Å². The molecule has 4 rings (SSSR count). The summed E-state index contributed by atoms with van der Waals surface area (Å²) in [6, 6.07) is 37.5. The van der Waals surface area contributed by atoms with E-state index in [4.69, 9.17) is 0 Å². The molecule has 4 aromatic rings. The van der Waals surface area contributed by atoms with Gasteiger partial charge in [0.2, 0.25) is 0 Å². The van der Waals surface area contributed by atoms with Crippen molar-refractivity contribution in [3.63, 3.8) is 0 Å². The third-order valence-electron chi connectivity index (χ3n) is 3.54.